The average molecular weight is 276 g/mol. The first-order chi connectivity index (χ1) is 9.32. The molecular weight excluding hydrogens is 252 g/mol. The van der Waals surface area contributed by atoms with E-state index in [-0.39, 0.29) is 12.0 Å². The third-order valence-corrected chi connectivity index (χ3v) is 3.36. The van der Waals surface area contributed by atoms with Crippen LogP contribution in [-0.2, 0) is 0 Å². The van der Waals surface area contributed by atoms with E-state index in [2.05, 4.69) is 39.1 Å². The van der Waals surface area contributed by atoms with Gasteiger partial charge in [0.1, 0.15) is 18.5 Å². The normalized spacial score (nSPS) is 14.4. The van der Waals surface area contributed by atoms with E-state index in [0.29, 0.717) is 23.9 Å². The van der Waals surface area contributed by atoms with Gasteiger partial charge in [-0.25, -0.2) is 0 Å². The third kappa shape index (κ3) is 5.60. The summed E-state index contributed by atoms with van der Waals surface area (Å²) in [6.45, 7) is 9.25. The second-order valence-electron chi connectivity index (χ2n) is 6.10. The van der Waals surface area contributed by atoms with Gasteiger partial charge in [-0.2, -0.15) is 5.26 Å². The molecule has 0 aromatic heterocycles. The highest BCUT2D eigenvalue weighted by atomic mass is 16.5. The van der Waals surface area contributed by atoms with E-state index in [4.69, 9.17) is 10.00 Å². The van der Waals surface area contributed by atoms with Gasteiger partial charge >= 0.3 is 0 Å². The highest BCUT2D eigenvalue weighted by Gasteiger charge is 2.20. The van der Waals surface area contributed by atoms with Crippen LogP contribution in [-0.4, -0.2) is 30.4 Å². The van der Waals surface area contributed by atoms with Crippen molar-refractivity contribution in [1.29, 1.82) is 5.26 Å². The lowest BCUT2D eigenvalue weighted by molar-refractivity contribution is 0.0986. The van der Waals surface area contributed by atoms with E-state index in [1.54, 1.807) is 24.3 Å². The Balaban J connectivity index is 2.36. The minimum absolute atomic E-state index is 0.154. The molecule has 1 aromatic carbocycles. The largest absolute Gasteiger partial charge is 0.491 e. The number of hydrogen-bond donors (Lipinski definition) is 2. The Morgan fingerprint density at radius 2 is 2.10 bits per heavy atom. The van der Waals surface area contributed by atoms with E-state index in [9.17, 15) is 5.11 Å². The van der Waals surface area contributed by atoms with Gasteiger partial charge in [0.15, 0.2) is 0 Å². The van der Waals surface area contributed by atoms with Crippen molar-refractivity contribution in [1.82, 2.24) is 5.32 Å². The second-order valence-corrected chi connectivity index (χ2v) is 6.10. The van der Waals surface area contributed by atoms with Crippen LogP contribution < -0.4 is 10.1 Å². The summed E-state index contributed by atoms with van der Waals surface area (Å²) in [7, 11) is 0. The van der Waals surface area contributed by atoms with Crippen molar-refractivity contribution < 1.29 is 9.84 Å². The molecule has 2 N–H and O–H groups in total. The van der Waals surface area contributed by atoms with Gasteiger partial charge < -0.3 is 15.2 Å². The zero-order valence-corrected chi connectivity index (χ0v) is 12.7. The molecule has 0 aliphatic carbocycles. The number of nitrogens with zero attached hydrogens (tertiary/aromatic N) is 1. The van der Waals surface area contributed by atoms with Crippen molar-refractivity contribution in [2.75, 3.05) is 13.2 Å². The third-order valence-electron chi connectivity index (χ3n) is 3.36. The van der Waals surface area contributed by atoms with E-state index >= 15 is 0 Å². The predicted octanol–water partition coefficient (Wildman–Crippen LogP) is 2.32. The van der Waals surface area contributed by atoms with Gasteiger partial charge in [0, 0.05) is 12.6 Å². The molecule has 0 saturated carbocycles. The maximum Gasteiger partial charge on any atom is 0.120 e. The van der Waals surface area contributed by atoms with Crippen LogP contribution in [0.3, 0.4) is 0 Å². The highest BCUT2D eigenvalue weighted by molar-refractivity contribution is 5.36. The van der Waals surface area contributed by atoms with E-state index in [1.165, 1.54) is 0 Å². The topological polar surface area (TPSA) is 65.3 Å². The summed E-state index contributed by atoms with van der Waals surface area (Å²) < 4.78 is 5.49. The summed E-state index contributed by atoms with van der Waals surface area (Å²) in [6.07, 6.45) is -0.578. The minimum atomic E-state index is -0.578. The first-order valence-electron chi connectivity index (χ1n) is 6.87. The Labute approximate surface area is 121 Å². The first kappa shape index (κ1) is 16.5. The number of aliphatic hydroxyl groups excluding tert-OH is 1. The van der Waals surface area contributed by atoms with Gasteiger partial charge in [-0.15, -0.1) is 0 Å². The number of ether oxygens (including phenoxy) is 1. The number of aliphatic hydroxyl groups is 1. The summed E-state index contributed by atoms with van der Waals surface area (Å²) >= 11 is 0. The number of hydrogen-bond acceptors (Lipinski definition) is 4. The zero-order valence-electron chi connectivity index (χ0n) is 12.7. The quantitative estimate of drug-likeness (QED) is 0.837. The fourth-order valence-electron chi connectivity index (χ4n) is 1.53. The van der Waals surface area contributed by atoms with Crippen molar-refractivity contribution in [2.24, 2.45) is 5.41 Å². The number of benzene rings is 1. The summed E-state index contributed by atoms with van der Waals surface area (Å²) in [6, 6.07) is 9.28. The van der Waals surface area contributed by atoms with E-state index in [0.717, 1.165) is 0 Å². The molecule has 0 fully saturated rings. The Hall–Kier alpha value is -1.57. The van der Waals surface area contributed by atoms with Crippen LogP contribution in [0.15, 0.2) is 24.3 Å². The van der Waals surface area contributed by atoms with Crippen LogP contribution in [0.4, 0.5) is 0 Å². The van der Waals surface area contributed by atoms with Crippen LogP contribution in [0.5, 0.6) is 5.75 Å². The summed E-state index contributed by atoms with van der Waals surface area (Å²) in [5, 5.41) is 22.0. The van der Waals surface area contributed by atoms with Crippen molar-refractivity contribution in [2.45, 2.75) is 39.8 Å². The maximum atomic E-state index is 9.90. The molecule has 4 heteroatoms. The number of nitrogens with one attached hydrogen (secondary N) is 1. The fourth-order valence-corrected chi connectivity index (χ4v) is 1.53. The summed E-state index contributed by atoms with van der Waals surface area (Å²) in [5.41, 5.74) is 0.707. The highest BCUT2D eigenvalue weighted by Crippen LogP contribution is 2.18. The van der Waals surface area contributed by atoms with E-state index in [1.807, 2.05) is 0 Å². The number of nitriles is 1. The molecule has 0 aliphatic rings. The summed E-state index contributed by atoms with van der Waals surface area (Å²) in [5.74, 6) is 0.604. The van der Waals surface area contributed by atoms with Gasteiger partial charge in [0.2, 0.25) is 0 Å². The monoisotopic (exact) mass is 276 g/mol. The van der Waals surface area contributed by atoms with Crippen LogP contribution in [0.2, 0.25) is 0 Å². The standard InChI is InChI=1S/C16H24N2O2/c1-12(16(2,3)4)18-10-14(19)11-20-15-7-5-6-13(8-15)9-17/h5-8,12,14,18-19H,10-11H2,1-4H3. The first-order valence-corrected chi connectivity index (χ1v) is 6.87. The van der Waals surface area contributed by atoms with Crippen molar-refractivity contribution in [3.8, 4) is 11.8 Å². The molecule has 2 unspecified atom stereocenters. The van der Waals surface area contributed by atoms with Crippen LogP contribution in [0.1, 0.15) is 33.3 Å². The molecule has 2 atom stereocenters. The van der Waals surface area contributed by atoms with Gasteiger partial charge in [-0.3, -0.25) is 0 Å². The number of rotatable bonds is 6. The fraction of sp³-hybridized carbons (Fsp3) is 0.562. The van der Waals surface area contributed by atoms with Crippen LogP contribution >= 0.6 is 0 Å². The van der Waals surface area contributed by atoms with Crippen molar-refractivity contribution >= 4 is 0 Å². The van der Waals surface area contributed by atoms with Crippen molar-refractivity contribution in [3.63, 3.8) is 0 Å². The molecule has 20 heavy (non-hydrogen) atoms. The lowest BCUT2D eigenvalue weighted by Gasteiger charge is -2.29. The van der Waals surface area contributed by atoms with Gasteiger partial charge in [-0.1, -0.05) is 26.8 Å². The molecule has 0 saturated heterocycles. The molecule has 0 bridgehead atoms. The van der Waals surface area contributed by atoms with E-state index < -0.39 is 6.10 Å². The molecule has 0 spiro atoms. The Kier molecular flexibility index (Phi) is 6.00. The maximum absolute atomic E-state index is 9.90. The van der Waals surface area contributed by atoms with Crippen LogP contribution in [0.25, 0.3) is 0 Å². The molecule has 1 aromatic rings. The second kappa shape index (κ2) is 7.28. The van der Waals surface area contributed by atoms with Gasteiger partial charge in [0.05, 0.1) is 11.6 Å². The van der Waals surface area contributed by atoms with Gasteiger partial charge in [-0.05, 0) is 30.5 Å². The van der Waals surface area contributed by atoms with Crippen LogP contribution in [0, 0.1) is 16.7 Å². The lowest BCUT2D eigenvalue weighted by Crippen LogP contribution is -2.42. The lowest BCUT2D eigenvalue weighted by atomic mass is 9.88. The Bertz CT molecular complexity index is 460. The smallest absolute Gasteiger partial charge is 0.120 e. The average Bonchev–Trinajstić information content (AvgIpc) is 2.41. The Morgan fingerprint density at radius 1 is 1.40 bits per heavy atom. The SMILES string of the molecule is CC(NCC(O)COc1cccc(C#N)c1)C(C)(C)C. The Morgan fingerprint density at radius 3 is 2.70 bits per heavy atom. The molecule has 1 rings (SSSR count). The van der Waals surface area contributed by atoms with Crippen molar-refractivity contribution in [3.05, 3.63) is 29.8 Å². The predicted molar refractivity (Wildman–Crippen MR) is 79.6 cm³/mol. The molecule has 0 aliphatic heterocycles. The summed E-state index contributed by atoms with van der Waals surface area (Å²) in [4.78, 5) is 0. The zero-order chi connectivity index (χ0) is 15.2. The molecule has 0 radical (unpaired) electrons. The molecule has 0 amide bonds. The minimum Gasteiger partial charge on any atom is -0.491 e. The molecule has 4 nitrogen and oxygen atoms in total. The molecular formula is C16H24N2O2. The molecule has 0 heterocycles. The molecule has 110 valence electrons. The van der Waals surface area contributed by atoms with Gasteiger partial charge in [0.25, 0.3) is 0 Å².